The summed E-state index contributed by atoms with van der Waals surface area (Å²) in [6.45, 7) is 6.41. The molecule has 0 bridgehead atoms. The van der Waals surface area contributed by atoms with Crippen molar-refractivity contribution in [2.24, 2.45) is 0 Å². The van der Waals surface area contributed by atoms with E-state index < -0.39 is 0 Å². The molecule has 0 rings (SSSR count). The molecule has 0 unspecified atom stereocenters. The quantitative estimate of drug-likeness (QED) is 0.333. The average molecular weight is 272 g/mol. The molecule has 3 nitrogen and oxygen atoms in total. The van der Waals surface area contributed by atoms with Gasteiger partial charge in [-0.25, -0.2) is 4.79 Å². The Kier molecular flexibility index (Phi) is 11.6. The summed E-state index contributed by atoms with van der Waals surface area (Å²) >= 11 is 0. The molecule has 1 radical (unpaired) electrons. The van der Waals surface area contributed by atoms with Gasteiger partial charge in [-0.3, -0.25) is 0 Å². The monoisotopic (exact) mass is 271 g/mol. The molecule has 0 saturated heterocycles. The zero-order valence-electron chi connectivity index (χ0n) is 9.09. The molecule has 0 aliphatic rings. The summed E-state index contributed by atoms with van der Waals surface area (Å²) < 4.78 is 5.72. The standard InChI is InChI=1S/C9H18NO2.ClH.Cu/c1-8(2)9(11)12-7-6-10(3,4)5;;/h1,6-7H2,2-5H3;1H;/q+1;;. The van der Waals surface area contributed by atoms with Crippen LogP contribution in [0.5, 0.6) is 0 Å². The minimum absolute atomic E-state index is 0. The molecule has 0 saturated carbocycles. The van der Waals surface area contributed by atoms with Crippen LogP contribution in [0.25, 0.3) is 0 Å². The van der Waals surface area contributed by atoms with E-state index in [2.05, 4.69) is 27.7 Å². The van der Waals surface area contributed by atoms with Gasteiger partial charge in [-0.05, 0) is 6.92 Å². The molecule has 0 aromatic heterocycles. The maximum atomic E-state index is 10.9. The van der Waals surface area contributed by atoms with Crippen molar-refractivity contribution in [1.82, 2.24) is 0 Å². The van der Waals surface area contributed by atoms with Crippen molar-refractivity contribution < 1.29 is 31.1 Å². The maximum Gasteiger partial charge on any atom is 0.333 e. The topological polar surface area (TPSA) is 26.3 Å². The fraction of sp³-hybridized carbons (Fsp3) is 0.667. The Balaban J connectivity index is -0.000000605. The van der Waals surface area contributed by atoms with E-state index in [1.165, 1.54) is 0 Å². The van der Waals surface area contributed by atoms with Crippen LogP contribution in [0.1, 0.15) is 6.92 Å². The Hall–Kier alpha value is -0.0205. The van der Waals surface area contributed by atoms with E-state index >= 15 is 0 Å². The van der Waals surface area contributed by atoms with E-state index in [1.54, 1.807) is 6.92 Å². The van der Waals surface area contributed by atoms with E-state index in [0.29, 0.717) is 12.2 Å². The molecule has 0 fully saturated rings. The van der Waals surface area contributed by atoms with Gasteiger partial charge in [0.15, 0.2) is 0 Å². The SMILES string of the molecule is C=C(C)C(=O)OCC[N+](C)(C)C.Cl.[Cu]. The zero-order chi connectivity index (χ0) is 9.78. The van der Waals surface area contributed by atoms with Crippen LogP contribution < -0.4 is 0 Å². The van der Waals surface area contributed by atoms with Crippen molar-refractivity contribution in [2.75, 3.05) is 34.3 Å². The summed E-state index contributed by atoms with van der Waals surface area (Å²) in [6.07, 6.45) is 0. The van der Waals surface area contributed by atoms with Crippen LogP contribution >= 0.6 is 12.4 Å². The summed E-state index contributed by atoms with van der Waals surface area (Å²) in [7, 11) is 6.15. The molecule has 0 amide bonds. The summed E-state index contributed by atoms with van der Waals surface area (Å²) in [5, 5.41) is 0. The average Bonchev–Trinajstić information content (AvgIpc) is 1.84. The number of ether oxygens (including phenoxy) is 1. The molecule has 0 atom stereocenters. The van der Waals surface area contributed by atoms with Gasteiger partial charge in [0.2, 0.25) is 0 Å². The first-order valence-corrected chi connectivity index (χ1v) is 3.96. The normalized spacial score (nSPS) is 9.43. The third kappa shape index (κ3) is 12.0. The van der Waals surface area contributed by atoms with Crippen molar-refractivity contribution in [1.29, 1.82) is 0 Å². The van der Waals surface area contributed by atoms with Gasteiger partial charge in [0.05, 0.1) is 21.1 Å². The molecule has 0 spiro atoms. The number of hydrogen-bond acceptors (Lipinski definition) is 2. The van der Waals surface area contributed by atoms with Crippen LogP contribution in [0.2, 0.25) is 0 Å². The molecule has 5 heteroatoms. The number of esters is 1. The molecule has 89 valence electrons. The minimum Gasteiger partial charge on any atom is -0.456 e. The zero-order valence-corrected chi connectivity index (χ0v) is 10.9. The van der Waals surface area contributed by atoms with Crippen molar-refractivity contribution in [3.63, 3.8) is 0 Å². The maximum absolute atomic E-state index is 10.9. The van der Waals surface area contributed by atoms with Gasteiger partial charge in [0.1, 0.15) is 13.2 Å². The van der Waals surface area contributed by atoms with E-state index in [-0.39, 0.29) is 35.4 Å². The van der Waals surface area contributed by atoms with Crippen molar-refractivity contribution >= 4 is 18.4 Å². The Morgan fingerprint density at radius 1 is 1.36 bits per heavy atom. The number of nitrogens with zero attached hydrogens (tertiary/aromatic N) is 1. The van der Waals surface area contributed by atoms with E-state index in [4.69, 9.17) is 4.74 Å². The van der Waals surface area contributed by atoms with Gasteiger partial charge in [0.25, 0.3) is 0 Å². The summed E-state index contributed by atoms with van der Waals surface area (Å²) in [6, 6.07) is 0. The fourth-order valence-electron chi connectivity index (χ4n) is 0.535. The third-order valence-electron chi connectivity index (χ3n) is 1.34. The predicted octanol–water partition coefficient (Wildman–Crippen LogP) is 1.23. The first-order chi connectivity index (χ1) is 5.33. The molecule has 0 N–H and O–H groups in total. The molecule has 0 aliphatic heterocycles. The molecule has 0 aromatic carbocycles. The number of hydrogen-bond donors (Lipinski definition) is 0. The van der Waals surface area contributed by atoms with Crippen molar-refractivity contribution in [3.05, 3.63) is 12.2 Å². The van der Waals surface area contributed by atoms with E-state index in [9.17, 15) is 4.79 Å². The number of halogens is 1. The van der Waals surface area contributed by atoms with Crippen LogP contribution in [0.4, 0.5) is 0 Å². The summed E-state index contributed by atoms with van der Waals surface area (Å²) in [5.41, 5.74) is 0.455. The minimum atomic E-state index is -0.302. The summed E-state index contributed by atoms with van der Waals surface area (Å²) in [5.74, 6) is -0.302. The van der Waals surface area contributed by atoms with Crippen LogP contribution in [-0.4, -0.2) is 44.7 Å². The van der Waals surface area contributed by atoms with Gasteiger partial charge >= 0.3 is 5.97 Å². The van der Waals surface area contributed by atoms with Crippen LogP contribution in [-0.2, 0) is 26.6 Å². The molecule has 0 aliphatic carbocycles. The molecule has 0 heterocycles. The number of carbonyl (C=O) groups is 1. The molecule has 0 aromatic rings. The van der Waals surface area contributed by atoms with Gasteiger partial charge in [0, 0.05) is 22.6 Å². The number of likely N-dealkylation sites (N-methyl/N-ethyl adjacent to an activating group) is 1. The second kappa shape index (κ2) is 8.30. The van der Waals surface area contributed by atoms with Gasteiger partial charge in [-0.15, -0.1) is 12.4 Å². The Morgan fingerprint density at radius 3 is 2.07 bits per heavy atom. The van der Waals surface area contributed by atoms with E-state index in [1.807, 2.05) is 0 Å². The second-order valence-electron chi connectivity index (χ2n) is 3.93. The van der Waals surface area contributed by atoms with Crippen molar-refractivity contribution in [3.8, 4) is 0 Å². The van der Waals surface area contributed by atoms with Gasteiger partial charge in [-0.2, -0.15) is 0 Å². The summed E-state index contributed by atoms with van der Waals surface area (Å²) in [4.78, 5) is 10.9. The smallest absolute Gasteiger partial charge is 0.333 e. The Labute approximate surface area is 103 Å². The van der Waals surface area contributed by atoms with Crippen molar-refractivity contribution in [2.45, 2.75) is 6.92 Å². The number of quaternary nitrogens is 1. The van der Waals surface area contributed by atoms with Crippen LogP contribution in [0, 0.1) is 0 Å². The molecular formula is C9H19ClCuNO2+. The first kappa shape index (κ1) is 19.5. The molecular weight excluding hydrogens is 253 g/mol. The van der Waals surface area contributed by atoms with E-state index in [0.717, 1.165) is 11.0 Å². The second-order valence-corrected chi connectivity index (χ2v) is 3.93. The number of carbonyl (C=O) groups excluding carboxylic acids is 1. The molecule has 14 heavy (non-hydrogen) atoms. The predicted molar refractivity (Wildman–Crippen MR) is 55.9 cm³/mol. The fourth-order valence-corrected chi connectivity index (χ4v) is 0.535. The Morgan fingerprint density at radius 2 is 1.79 bits per heavy atom. The van der Waals surface area contributed by atoms with Gasteiger partial charge in [-0.1, -0.05) is 6.58 Å². The van der Waals surface area contributed by atoms with Crippen LogP contribution in [0.3, 0.4) is 0 Å². The number of rotatable bonds is 4. The Bertz CT molecular complexity index is 190. The third-order valence-corrected chi connectivity index (χ3v) is 1.34. The van der Waals surface area contributed by atoms with Crippen LogP contribution in [0.15, 0.2) is 12.2 Å². The largest absolute Gasteiger partial charge is 0.456 e. The first-order valence-electron chi connectivity index (χ1n) is 3.96. The van der Waals surface area contributed by atoms with Gasteiger partial charge < -0.3 is 9.22 Å².